The van der Waals surface area contributed by atoms with E-state index in [9.17, 15) is 9.59 Å². The van der Waals surface area contributed by atoms with Gasteiger partial charge in [-0.1, -0.05) is 0 Å². The van der Waals surface area contributed by atoms with Crippen LogP contribution in [0.5, 0.6) is 0 Å². The highest BCUT2D eigenvalue weighted by molar-refractivity contribution is 5.73. The van der Waals surface area contributed by atoms with E-state index in [1.165, 1.54) is 6.92 Å². The summed E-state index contributed by atoms with van der Waals surface area (Å²) >= 11 is 0. The van der Waals surface area contributed by atoms with E-state index in [0.717, 1.165) is 0 Å². The van der Waals surface area contributed by atoms with Gasteiger partial charge in [-0.3, -0.25) is 4.79 Å². The van der Waals surface area contributed by atoms with Crippen molar-refractivity contribution < 1.29 is 14.3 Å². The topological polar surface area (TPSA) is 84.7 Å². The Kier molecular flexibility index (Phi) is 4.56. The maximum atomic E-state index is 11.7. The van der Waals surface area contributed by atoms with Crippen LogP contribution in [0.3, 0.4) is 0 Å². The Labute approximate surface area is 108 Å². The summed E-state index contributed by atoms with van der Waals surface area (Å²) in [5.41, 5.74) is 5.41. The summed E-state index contributed by atoms with van der Waals surface area (Å²) in [6.07, 6.45) is 0.188. The average molecular weight is 257 g/mol. The summed E-state index contributed by atoms with van der Waals surface area (Å²) in [6.45, 7) is 8.00. The first-order valence-corrected chi connectivity index (χ1v) is 6.19. The number of nitrogens with one attached hydrogen (secondary N) is 1. The predicted molar refractivity (Wildman–Crippen MR) is 68.0 cm³/mol. The molecule has 0 spiro atoms. The molecule has 3 N–H and O–H groups in total. The summed E-state index contributed by atoms with van der Waals surface area (Å²) < 4.78 is 5.18. The molecular weight excluding hydrogens is 234 g/mol. The number of piperidine rings is 1. The number of carbonyl (C=O) groups excluding carboxylic acids is 2. The lowest BCUT2D eigenvalue weighted by molar-refractivity contribution is -0.130. The van der Waals surface area contributed by atoms with E-state index in [0.29, 0.717) is 19.5 Å². The van der Waals surface area contributed by atoms with Crippen LogP contribution < -0.4 is 11.1 Å². The zero-order valence-electron chi connectivity index (χ0n) is 11.5. The van der Waals surface area contributed by atoms with Crippen molar-refractivity contribution in [2.45, 2.75) is 51.8 Å². The van der Waals surface area contributed by atoms with E-state index in [-0.39, 0.29) is 18.0 Å². The molecule has 0 bridgehead atoms. The van der Waals surface area contributed by atoms with Gasteiger partial charge in [-0.25, -0.2) is 4.79 Å². The monoisotopic (exact) mass is 257 g/mol. The van der Waals surface area contributed by atoms with Crippen LogP contribution in [0.15, 0.2) is 0 Å². The smallest absolute Gasteiger partial charge is 0.407 e. The third kappa shape index (κ3) is 4.52. The first-order valence-electron chi connectivity index (χ1n) is 6.19. The molecule has 1 aliphatic heterocycles. The molecule has 6 nitrogen and oxygen atoms in total. The molecule has 1 heterocycles. The molecule has 1 rings (SSSR count). The molecule has 104 valence electrons. The van der Waals surface area contributed by atoms with Crippen LogP contribution in [0.1, 0.15) is 34.1 Å². The summed E-state index contributed by atoms with van der Waals surface area (Å²) in [7, 11) is 0. The normalized spacial score (nSPS) is 24.6. The number of rotatable bonds is 1. The molecule has 0 radical (unpaired) electrons. The fraction of sp³-hybridized carbons (Fsp3) is 0.833. The number of alkyl carbamates (subject to hydrolysis) is 1. The van der Waals surface area contributed by atoms with E-state index >= 15 is 0 Å². The Morgan fingerprint density at radius 2 is 2.00 bits per heavy atom. The Morgan fingerprint density at radius 3 is 2.50 bits per heavy atom. The van der Waals surface area contributed by atoms with Crippen molar-refractivity contribution in [3.8, 4) is 0 Å². The fourth-order valence-corrected chi connectivity index (χ4v) is 1.87. The number of amides is 2. The molecule has 0 aromatic heterocycles. The van der Waals surface area contributed by atoms with Crippen LogP contribution in [0.4, 0.5) is 4.79 Å². The fourth-order valence-electron chi connectivity index (χ4n) is 1.87. The van der Waals surface area contributed by atoms with Crippen LogP contribution in [0.2, 0.25) is 0 Å². The Hall–Kier alpha value is -1.30. The molecule has 2 amide bonds. The Morgan fingerprint density at radius 1 is 1.39 bits per heavy atom. The van der Waals surface area contributed by atoms with Crippen molar-refractivity contribution in [1.82, 2.24) is 10.2 Å². The van der Waals surface area contributed by atoms with E-state index in [2.05, 4.69) is 5.32 Å². The summed E-state index contributed by atoms with van der Waals surface area (Å²) in [6, 6.07) is -0.398. The molecule has 1 saturated heterocycles. The Balaban J connectivity index is 2.53. The lowest BCUT2D eigenvalue weighted by atomic mass is 10.0. The largest absolute Gasteiger partial charge is 0.444 e. The molecule has 1 aliphatic rings. The van der Waals surface area contributed by atoms with Gasteiger partial charge in [0.05, 0.1) is 6.04 Å². The van der Waals surface area contributed by atoms with Crippen LogP contribution >= 0.6 is 0 Å². The van der Waals surface area contributed by atoms with Gasteiger partial charge in [-0.05, 0) is 27.2 Å². The van der Waals surface area contributed by atoms with E-state index < -0.39 is 11.7 Å². The van der Waals surface area contributed by atoms with Gasteiger partial charge in [-0.2, -0.15) is 0 Å². The van der Waals surface area contributed by atoms with Gasteiger partial charge >= 0.3 is 6.09 Å². The molecule has 18 heavy (non-hydrogen) atoms. The number of nitrogens with two attached hydrogens (primary N) is 1. The Bertz CT molecular complexity index is 325. The third-order valence-corrected chi connectivity index (χ3v) is 2.81. The van der Waals surface area contributed by atoms with Gasteiger partial charge in [0.25, 0.3) is 0 Å². The highest BCUT2D eigenvalue weighted by Gasteiger charge is 2.30. The van der Waals surface area contributed by atoms with Gasteiger partial charge in [0.15, 0.2) is 0 Å². The highest BCUT2D eigenvalue weighted by Crippen LogP contribution is 2.11. The first kappa shape index (κ1) is 14.8. The molecule has 0 saturated carbocycles. The second kappa shape index (κ2) is 5.56. The first-order chi connectivity index (χ1) is 8.19. The summed E-state index contributed by atoms with van der Waals surface area (Å²) in [4.78, 5) is 24.6. The molecule has 2 atom stereocenters. The van der Waals surface area contributed by atoms with Gasteiger partial charge in [0.2, 0.25) is 5.91 Å². The zero-order valence-corrected chi connectivity index (χ0v) is 11.5. The maximum Gasteiger partial charge on any atom is 0.407 e. The minimum Gasteiger partial charge on any atom is -0.444 e. The standard InChI is InChI=1S/C12H23N3O3/c1-8(16)15-6-5-9(13)10(7-15)14-11(17)18-12(2,3)4/h9-10H,5-7,13H2,1-4H3,(H,14,17)/t9-,10+/m0/s1. The minimum absolute atomic E-state index is 0.00195. The zero-order chi connectivity index (χ0) is 13.9. The van der Waals surface area contributed by atoms with Crippen molar-refractivity contribution in [2.75, 3.05) is 13.1 Å². The molecule has 1 fully saturated rings. The SMILES string of the molecule is CC(=O)N1CC[C@H](N)[C@H](NC(=O)OC(C)(C)C)C1. The molecular formula is C12H23N3O3. The van der Waals surface area contributed by atoms with Crippen molar-refractivity contribution in [3.63, 3.8) is 0 Å². The van der Waals surface area contributed by atoms with Crippen LogP contribution in [0, 0.1) is 0 Å². The molecule has 0 aromatic rings. The second-order valence-electron chi connectivity index (χ2n) is 5.67. The number of nitrogens with zero attached hydrogens (tertiary/aromatic N) is 1. The summed E-state index contributed by atoms with van der Waals surface area (Å²) in [5, 5.41) is 2.73. The van der Waals surface area contributed by atoms with E-state index in [4.69, 9.17) is 10.5 Å². The third-order valence-electron chi connectivity index (χ3n) is 2.81. The molecule has 6 heteroatoms. The molecule has 0 aromatic carbocycles. The van der Waals surface area contributed by atoms with Crippen molar-refractivity contribution in [1.29, 1.82) is 0 Å². The van der Waals surface area contributed by atoms with Gasteiger partial charge in [-0.15, -0.1) is 0 Å². The molecule has 0 unspecified atom stereocenters. The minimum atomic E-state index is -0.539. The number of hydrogen-bond donors (Lipinski definition) is 2. The van der Waals surface area contributed by atoms with Crippen molar-refractivity contribution in [2.24, 2.45) is 5.73 Å². The maximum absolute atomic E-state index is 11.7. The quantitative estimate of drug-likeness (QED) is 0.714. The van der Waals surface area contributed by atoms with Gasteiger partial charge in [0.1, 0.15) is 5.60 Å². The summed E-state index contributed by atoms with van der Waals surface area (Å²) in [5.74, 6) is -0.00195. The van der Waals surface area contributed by atoms with Gasteiger partial charge < -0.3 is 20.7 Å². The molecule has 0 aliphatic carbocycles. The van der Waals surface area contributed by atoms with Crippen molar-refractivity contribution >= 4 is 12.0 Å². The van der Waals surface area contributed by atoms with Crippen molar-refractivity contribution in [3.05, 3.63) is 0 Å². The van der Waals surface area contributed by atoms with Gasteiger partial charge in [0, 0.05) is 26.1 Å². The number of hydrogen-bond acceptors (Lipinski definition) is 4. The number of carbonyl (C=O) groups is 2. The predicted octanol–water partition coefficient (Wildman–Crippen LogP) is 0.459. The second-order valence-corrected chi connectivity index (χ2v) is 5.67. The van der Waals surface area contributed by atoms with Crippen LogP contribution in [-0.4, -0.2) is 47.7 Å². The number of likely N-dealkylation sites (tertiary alicyclic amines) is 1. The van der Waals surface area contributed by atoms with E-state index in [1.807, 2.05) is 0 Å². The van der Waals surface area contributed by atoms with Crippen LogP contribution in [-0.2, 0) is 9.53 Å². The number of ether oxygens (including phenoxy) is 1. The lowest BCUT2D eigenvalue weighted by Crippen LogP contribution is -2.59. The van der Waals surface area contributed by atoms with Crippen LogP contribution in [0.25, 0.3) is 0 Å². The average Bonchev–Trinajstić information content (AvgIpc) is 2.18. The lowest BCUT2D eigenvalue weighted by Gasteiger charge is -2.37. The van der Waals surface area contributed by atoms with E-state index in [1.54, 1.807) is 25.7 Å². The highest BCUT2D eigenvalue weighted by atomic mass is 16.6.